The van der Waals surface area contributed by atoms with E-state index in [1.54, 1.807) is 12.1 Å². The molecule has 0 saturated carbocycles. The van der Waals surface area contributed by atoms with Crippen LogP contribution >= 0.6 is 0 Å². The summed E-state index contributed by atoms with van der Waals surface area (Å²) in [5, 5.41) is 8.80. The van der Waals surface area contributed by atoms with E-state index in [1.807, 2.05) is 4.90 Å². The number of hydrogen-bond acceptors (Lipinski definition) is 2. The molecule has 23 heavy (non-hydrogen) atoms. The number of carbonyl (C=O) groups is 1. The zero-order valence-electron chi connectivity index (χ0n) is 13.8. The van der Waals surface area contributed by atoms with Gasteiger partial charge in [0.15, 0.2) is 0 Å². The quantitative estimate of drug-likeness (QED) is 0.740. The van der Waals surface area contributed by atoms with Gasteiger partial charge in [-0.25, -0.2) is 4.39 Å². The molecule has 1 aromatic rings. The molecule has 1 aliphatic carbocycles. The van der Waals surface area contributed by atoms with Gasteiger partial charge in [-0.15, -0.1) is 0 Å². The first kappa shape index (κ1) is 17.2. The molecule has 0 aliphatic heterocycles. The summed E-state index contributed by atoms with van der Waals surface area (Å²) in [6.07, 6.45) is 4.11. The van der Waals surface area contributed by atoms with E-state index in [0.29, 0.717) is 13.0 Å². The van der Waals surface area contributed by atoms with E-state index in [4.69, 9.17) is 5.26 Å². The van der Waals surface area contributed by atoms with Gasteiger partial charge in [-0.05, 0) is 54.0 Å². The molecule has 0 bridgehead atoms. The van der Waals surface area contributed by atoms with Crippen LogP contribution in [0.25, 0.3) is 0 Å². The van der Waals surface area contributed by atoms with E-state index in [2.05, 4.69) is 26.5 Å². The summed E-state index contributed by atoms with van der Waals surface area (Å²) in [7, 11) is 0. The predicted octanol–water partition coefficient (Wildman–Crippen LogP) is 4.16. The number of amides is 1. The van der Waals surface area contributed by atoms with Crippen molar-refractivity contribution >= 4 is 5.91 Å². The van der Waals surface area contributed by atoms with E-state index >= 15 is 0 Å². The number of nitrogens with zero attached hydrogens (tertiary/aromatic N) is 2. The van der Waals surface area contributed by atoms with Crippen LogP contribution < -0.4 is 0 Å². The van der Waals surface area contributed by atoms with E-state index in [-0.39, 0.29) is 23.2 Å². The van der Waals surface area contributed by atoms with Gasteiger partial charge in [0.1, 0.15) is 5.82 Å². The number of hydrogen-bond donors (Lipinski definition) is 0. The lowest BCUT2D eigenvalue weighted by atomic mass is 9.86. The summed E-state index contributed by atoms with van der Waals surface area (Å²) >= 11 is 0. The SMILES string of the molecule is C=CC(=O)N(CC(C)(C)CCC#N)C1CCc2cc(F)ccc21. The molecule has 3 nitrogen and oxygen atoms in total. The normalized spacial score (nSPS) is 16.5. The number of aryl methyl sites for hydroxylation is 1. The Morgan fingerprint density at radius 3 is 2.96 bits per heavy atom. The number of rotatable bonds is 6. The fourth-order valence-electron chi connectivity index (χ4n) is 3.28. The Morgan fingerprint density at radius 2 is 2.30 bits per heavy atom. The molecule has 1 amide bonds. The maximum Gasteiger partial charge on any atom is 0.246 e. The van der Waals surface area contributed by atoms with Crippen LogP contribution in [0.1, 0.15) is 50.3 Å². The van der Waals surface area contributed by atoms with Crippen molar-refractivity contribution in [2.75, 3.05) is 6.54 Å². The summed E-state index contributed by atoms with van der Waals surface area (Å²) in [6.45, 7) is 8.30. The zero-order chi connectivity index (χ0) is 17.0. The van der Waals surface area contributed by atoms with Gasteiger partial charge in [0.25, 0.3) is 0 Å². The summed E-state index contributed by atoms with van der Waals surface area (Å²) in [6, 6.07) is 6.92. The first-order valence-electron chi connectivity index (χ1n) is 7.96. The molecule has 0 aromatic heterocycles. The third-order valence-electron chi connectivity index (χ3n) is 4.50. The highest BCUT2D eigenvalue weighted by molar-refractivity contribution is 5.87. The second kappa shape index (κ2) is 6.95. The number of benzene rings is 1. The van der Waals surface area contributed by atoms with E-state index in [1.165, 1.54) is 12.1 Å². The lowest BCUT2D eigenvalue weighted by Crippen LogP contribution is -2.40. The van der Waals surface area contributed by atoms with Crippen molar-refractivity contribution < 1.29 is 9.18 Å². The average Bonchev–Trinajstić information content (AvgIpc) is 2.92. The minimum Gasteiger partial charge on any atom is -0.332 e. The Morgan fingerprint density at radius 1 is 1.57 bits per heavy atom. The van der Waals surface area contributed by atoms with E-state index < -0.39 is 0 Å². The second-order valence-corrected chi connectivity index (χ2v) is 6.89. The van der Waals surface area contributed by atoms with Crippen molar-refractivity contribution in [3.63, 3.8) is 0 Å². The summed E-state index contributed by atoms with van der Waals surface area (Å²) in [5.41, 5.74) is 1.85. The zero-order valence-corrected chi connectivity index (χ0v) is 13.8. The van der Waals surface area contributed by atoms with Crippen LogP contribution in [-0.4, -0.2) is 17.4 Å². The minimum absolute atomic E-state index is 0.0440. The fraction of sp³-hybridized carbons (Fsp3) is 0.474. The summed E-state index contributed by atoms with van der Waals surface area (Å²) in [4.78, 5) is 14.2. The Kier molecular flexibility index (Phi) is 5.20. The van der Waals surface area contributed by atoms with Crippen molar-refractivity contribution in [1.82, 2.24) is 4.90 Å². The molecule has 0 spiro atoms. The van der Waals surface area contributed by atoms with Gasteiger partial charge in [0.05, 0.1) is 12.1 Å². The number of fused-ring (bicyclic) bond motifs is 1. The van der Waals surface area contributed by atoms with Crippen LogP contribution in [0.3, 0.4) is 0 Å². The number of halogens is 1. The fourth-order valence-corrected chi connectivity index (χ4v) is 3.28. The van der Waals surface area contributed by atoms with Gasteiger partial charge in [-0.2, -0.15) is 5.26 Å². The maximum atomic E-state index is 13.4. The van der Waals surface area contributed by atoms with Crippen molar-refractivity contribution in [1.29, 1.82) is 5.26 Å². The van der Waals surface area contributed by atoms with Gasteiger partial charge < -0.3 is 4.90 Å². The highest BCUT2D eigenvalue weighted by atomic mass is 19.1. The summed E-state index contributed by atoms with van der Waals surface area (Å²) in [5.74, 6) is -0.349. The van der Waals surface area contributed by atoms with E-state index in [0.717, 1.165) is 30.4 Å². The molecule has 1 aromatic carbocycles. The molecule has 0 radical (unpaired) electrons. The summed E-state index contributed by atoms with van der Waals surface area (Å²) < 4.78 is 13.4. The van der Waals surface area contributed by atoms with Crippen LogP contribution in [0, 0.1) is 22.6 Å². The maximum absolute atomic E-state index is 13.4. The third-order valence-corrected chi connectivity index (χ3v) is 4.50. The highest BCUT2D eigenvalue weighted by Crippen LogP contribution is 2.38. The molecular formula is C19H23FN2O. The highest BCUT2D eigenvalue weighted by Gasteiger charge is 2.33. The molecule has 2 rings (SSSR count). The molecule has 0 saturated heterocycles. The molecule has 0 N–H and O–H groups in total. The third kappa shape index (κ3) is 3.98. The van der Waals surface area contributed by atoms with E-state index in [9.17, 15) is 9.18 Å². The predicted molar refractivity (Wildman–Crippen MR) is 88.0 cm³/mol. The van der Waals surface area contributed by atoms with Crippen LogP contribution in [0.4, 0.5) is 4.39 Å². The molecule has 1 aliphatic rings. The molecule has 0 heterocycles. The Labute approximate surface area is 137 Å². The van der Waals surface area contributed by atoms with Gasteiger partial charge in [-0.1, -0.05) is 26.5 Å². The topological polar surface area (TPSA) is 44.1 Å². The van der Waals surface area contributed by atoms with Gasteiger partial charge in [-0.3, -0.25) is 4.79 Å². The molecule has 1 unspecified atom stereocenters. The average molecular weight is 314 g/mol. The van der Waals surface area contributed by atoms with Crippen LogP contribution in [0.2, 0.25) is 0 Å². The Hall–Kier alpha value is -2.15. The Bertz CT molecular complexity index is 645. The van der Waals surface area contributed by atoms with Gasteiger partial charge >= 0.3 is 0 Å². The largest absolute Gasteiger partial charge is 0.332 e. The smallest absolute Gasteiger partial charge is 0.246 e. The second-order valence-electron chi connectivity index (χ2n) is 6.89. The van der Waals surface area contributed by atoms with Crippen molar-refractivity contribution in [3.8, 4) is 6.07 Å². The first-order chi connectivity index (χ1) is 10.9. The number of nitriles is 1. The molecule has 1 atom stereocenters. The van der Waals surface area contributed by atoms with Crippen LogP contribution in [0.15, 0.2) is 30.9 Å². The van der Waals surface area contributed by atoms with Crippen molar-refractivity contribution in [2.45, 2.75) is 45.6 Å². The van der Waals surface area contributed by atoms with Crippen LogP contribution in [0.5, 0.6) is 0 Å². The standard InChI is InChI=1S/C19H23FN2O/c1-4-18(23)22(13-19(2,3)10-5-11-21)17-9-6-14-12-15(20)7-8-16(14)17/h4,7-8,12,17H,1,5-6,9-10,13H2,2-3H3. The monoisotopic (exact) mass is 314 g/mol. The molecule has 4 heteroatoms. The molecular weight excluding hydrogens is 291 g/mol. The van der Waals surface area contributed by atoms with Gasteiger partial charge in [0.2, 0.25) is 5.91 Å². The lowest BCUT2D eigenvalue weighted by molar-refractivity contribution is -0.130. The molecule has 122 valence electrons. The molecule has 0 fully saturated rings. The Balaban J connectivity index is 2.26. The lowest BCUT2D eigenvalue weighted by Gasteiger charge is -2.36. The van der Waals surface area contributed by atoms with Gasteiger partial charge in [0, 0.05) is 13.0 Å². The van der Waals surface area contributed by atoms with Crippen molar-refractivity contribution in [2.24, 2.45) is 5.41 Å². The first-order valence-corrected chi connectivity index (χ1v) is 7.96. The van der Waals surface area contributed by atoms with Crippen molar-refractivity contribution in [3.05, 3.63) is 47.8 Å². The van der Waals surface area contributed by atoms with Crippen LogP contribution in [-0.2, 0) is 11.2 Å². The number of carbonyl (C=O) groups excluding carboxylic acids is 1. The minimum atomic E-state index is -0.236.